The van der Waals surface area contributed by atoms with Gasteiger partial charge in [-0.05, 0) is 31.4 Å². The molecule has 0 bridgehead atoms. The van der Waals surface area contributed by atoms with Crippen LogP contribution in [0.4, 0.5) is 5.82 Å². The fraction of sp³-hybridized carbons (Fsp3) is 0.632. The Morgan fingerprint density at radius 3 is 2.33 bits per heavy atom. The first-order valence-corrected chi connectivity index (χ1v) is 9.66. The van der Waals surface area contributed by atoms with Crippen molar-refractivity contribution in [1.82, 2.24) is 20.1 Å². The molecule has 1 aromatic rings. The van der Waals surface area contributed by atoms with Gasteiger partial charge in [0.05, 0.1) is 6.54 Å². The van der Waals surface area contributed by atoms with Gasteiger partial charge < -0.3 is 20.0 Å². The van der Waals surface area contributed by atoms with Crippen molar-refractivity contribution in [3.8, 4) is 0 Å². The normalized spacial score (nSPS) is 17.7. The standard InChI is InChI=1S/C19H30N6O.HI/c1-3-20-19(25-12-10-23(11-13-25)16(2)26)22-15-17-6-7-18(21-14-17)24-8-4-5-9-24;/h6-7,14H,3-5,8-13,15H2,1-2H3,(H,20,22);1H. The second kappa shape index (κ2) is 10.7. The molecule has 1 aromatic heterocycles. The first-order chi connectivity index (χ1) is 12.7. The molecule has 2 saturated heterocycles. The van der Waals surface area contributed by atoms with Gasteiger partial charge in [0.25, 0.3) is 0 Å². The van der Waals surface area contributed by atoms with Crippen molar-refractivity contribution in [2.75, 3.05) is 50.7 Å². The Kier molecular flexibility index (Phi) is 8.59. The predicted molar refractivity (Wildman–Crippen MR) is 120 cm³/mol. The maximum Gasteiger partial charge on any atom is 0.219 e. The van der Waals surface area contributed by atoms with E-state index in [4.69, 9.17) is 4.99 Å². The number of nitrogens with one attached hydrogen (secondary N) is 1. The second-order valence-electron chi connectivity index (χ2n) is 6.88. The number of anilines is 1. The molecule has 8 heteroatoms. The van der Waals surface area contributed by atoms with Crippen LogP contribution >= 0.6 is 24.0 Å². The van der Waals surface area contributed by atoms with Crippen molar-refractivity contribution in [3.63, 3.8) is 0 Å². The highest BCUT2D eigenvalue weighted by atomic mass is 127. The smallest absolute Gasteiger partial charge is 0.219 e. The van der Waals surface area contributed by atoms with E-state index >= 15 is 0 Å². The van der Waals surface area contributed by atoms with Crippen molar-refractivity contribution in [1.29, 1.82) is 0 Å². The Bertz CT molecular complexity index is 622. The van der Waals surface area contributed by atoms with Gasteiger partial charge in [0, 0.05) is 58.9 Å². The van der Waals surface area contributed by atoms with Gasteiger partial charge in [0.1, 0.15) is 5.82 Å². The zero-order valence-electron chi connectivity index (χ0n) is 16.4. The number of aromatic nitrogens is 1. The summed E-state index contributed by atoms with van der Waals surface area (Å²) >= 11 is 0. The van der Waals surface area contributed by atoms with Crippen molar-refractivity contribution < 1.29 is 4.79 Å². The van der Waals surface area contributed by atoms with Crippen molar-refractivity contribution in [2.24, 2.45) is 4.99 Å². The molecule has 3 rings (SSSR count). The molecule has 150 valence electrons. The number of amides is 1. The third-order valence-electron chi connectivity index (χ3n) is 5.01. The molecule has 2 fully saturated rings. The van der Waals surface area contributed by atoms with E-state index in [1.807, 2.05) is 11.1 Å². The van der Waals surface area contributed by atoms with Gasteiger partial charge >= 0.3 is 0 Å². The van der Waals surface area contributed by atoms with E-state index in [9.17, 15) is 4.79 Å². The Labute approximate surface area is 179 Å². The third-order valence-corrected chi connectivity index (χ3v) is 5.01. The zero-order chi connectivity index (χ0) is 18.4. The quantitative estimate of drug-likeness (QED) is 0.401. The average Bonchev–Trinajstić information content (AvgIpc) is 3.20. The maximum absolute atomic E-state index is 11.5. The molecule has 1 N–H and O–H groups in total. The number of rotatable bonds is 4. The largest absolute Gasteiger partial charge is 0.357 e. The third kappa shape index (κ3) is 5.95. The molecule has 0 atom stereocenters. The average molecular weight is 486 g/mol. The topological polar surface area (TPSA) is 64.1 Å². The van der Waals surface area contributed by atoms with Gasteiger partial charge in [-0.25, -0.2) is 9.98 Å². The number of halogens is 1. The number of hydrogen-bond donors (Lipinski definition) is 1. The van der Waals surface area contributed by atoms with E-state index < -0.39 is 0 Å². The van der Waals surface area contributed by atoms with Crippen LogP contribution in [0.3, 0.4) is 0 Å². The first kappa shape index (κ1) is 21.7. The highest BCUT2D eigenvalue weighted by molar-refractivity contribution is 14.0. The predicted octanol–water partition coefficient (Wildman–Crippen LogP) is 1.93. The summed E-state index contributed by atoms with van der Waals surface area (Å²) in [5.74, 6) is 2.14. The minimum Gasteiger partial charge on any atom is -0.357 e. The van der Waals surface area contributed by atoms with Gasteiger partial charge in [-0.1, -0.05) is 6.07 Å². The van der Waals surface area contributed by atoms with Crippen LogP contribution in [0.25, 0.3) is 0 Å². The summed E-state index contributed by atoms with van der Waals surface area (Å²) in [7, 11) is 0. The molecule has 3 heterocycles. The summed E-state index contributed by atoms with van der Waals surface area (Å²) in [5.41, 5.74) is 1.12. The summed E-state index contributed by atoms with van der Waals surface area (Å²) in [6.45, 7) is 10.5. The summed E-state index contributed by atoms with van der Waals surface area (Å²) < 4.78 is 0. The van der Waals surface area contributed by atoms with Crippen molar-refractivity contribution in [3.05, 3.63) is 23.9 Å². The lowest BCUT2D eigenvalue weighted by molar-refractivity contribution is -0.130. The number of aliphatic imine (C=N–C) groups is 1. The van der Waals surface area contributed by atoms with Crippen LogP contribution in [0.5, 0.6) is 0 Å². The SMILES string of the molecule is CCNC(=NCc1ccc(N2CCCC2)nc1)N1CCN(C(C)=O)CC1.I. The summed E-state index contributed by atoms with van der Waals surface area (Å²) in [4.78, 5) is 27.3. The minimum atomic E-state index is 0. The number of carbonyl (C=O) groups excluding carboxylic acids is 1. The highest BCUT2D eigenvalue weighted by Gasteiger charge is 2.20. The summed E-state index contributed by atoms with van der Waals surface area (Å²) in [6, 6.07) is 4.23. The van der Waals surface area contributed by atoms with E-state index in [-0.39, 0.29) is 29.9 Å². The van der Waals surface area contributed by atoms with Crippen LogP contribution < -0.4 is 10.2 Å². The highest BCUT2D eigenvalue weighted by Crippen LogP contribution is 2.17. The molecule has 0 aliphatic carbocycles. The summed E-state index contributed by atoms with van der Waals surface area (Å²) in [6.07, 6.45) is 4.46. The van der Waals surface area contributed by atoms with Crippen molar-refractivity contribution >= 4 is 41.7 Å². The number of nitrogens with zero attached hydrogens (tertiary/aromatic N) is 5. The lowest BCUT2D eigenvalue weighted by Crippen LogP contribution is -2.53. The molecule has 0 saturated carbocycles. The van der Waals surface area contributed by atoms with Crippen LogP contribution in [0.2, 0.25) is 0 Å². The molecule has 0 spiro atoms. The summed E-state index contributed by atoms with van der Waals surface area (Å²) in [5, 5.41) is 3.37. The molecule has 27 heavy (non-hydrogen) atoms. The van der Waals surface area contributed by atoms with E-state index in [1.54, 1.807) is 6.92 Å². The van der Waals surface area contributed by atoms with E-state index in [1.165, 1.54) is 12.8 Å². The minimum absolute atomic E-state index is 0. The van der Waals surface area contributed by atoms with Gasteiger partial charge in [0.2, 0.25) is 5.91 Å². The Hall–Kier alpha value is -1.58. The van der Waals surface area contributed by atoms with Gasteiger partial charge in [-0.2, -0.15) is 0 Å². The Balaban J connectivity index is 0.00000261. The fourth-order valence-electron chi connectivity index (χ4n) is 3.47. The Morgan fingerprint density at radius 1 is 1.11 bits per heavy atom. The number of carbonyl (C=O) groups is 1. The molecule has 7 nitrogen and oxygen atoms in total. The van der Waals surface area contributed by atoms with Gasteiger partial charge in [0.15, 0.2) is 5.96 Å². The number of pyridine rings is 1. The van der Waals surface area contributed by atoms with Crippen molar-refractivity contribution in [2.45, 2.75) is 33.2 Å². The number of piperazine rings is 1. The number of guanidine groups is 1. The van der Waals surface area contributed by atoms with E-state index in [0.717, 1.165) is 63.2 Å². The van der Waals surface area contributed by atoms with E-state index in [0.29, 0.717) is 6.54 Å². The number of hydrogen-bond acceptors (Lipinski definition) is 4. The Morgan fingerprint density at radius 2 is 1.78 bits per heavy atom. The first-order valence-electron chi connectivity index (χ1n) is 9.66. The lowest BCUT2D eigenvalue weighted by Gasteiger charge is -2.36. The molecular formula is C19H31IN6O. The monoisotopic (exact) mass is 486 g/mol. The van der Waals surface area contributed by atoms with Crippen LogP contribution in [0.15, 0.2) is 23.3 Å². The molecule has 1 amide bonds. The van der Waals surface area contributed by atoms with Gasteiger partial charge in [-0.15, -0.1) is 24.0 Å². The zero-order valence-corrected chi connectivity index (χ0v) is 18.7. The second-order valence-corrected chi connectivity index (χ2v) is 6.88. The van der Waals surface area contributed by atoms with Crippen LogP contribution in [-0.2, 0) is 11.3 Å². The maximum atomic E-state index is 11.5. The van der Waals surface area contributed by atoms with Gasteiger partial charge in [-0.3, -0.25) is 4.79 Å². The molecule has 0 aromatic carbocycles. The van der Waals surface area contributed by atoms with Crippen LogP contribution in [0.1, 0.15) is 32.3 Å². The molecule has 0 radical (unpaired) electrons. The van der Waals surface area contributed by atoms with Crippen LogP contribution in [0, 0.1) is 0 Å². The van der Waals surface area contributed by atoms with Crippen LogP contribution in [-0.4, -0.2) is 72.5 Å². The fourth-order valence-corrected chi connectivity index (χ4v) is 3.47. The molecular weight excluding hydrogens is 455 g/mol. The van der Waals surface area contributed by atoms with E-state index in [2.05, 4.69) is 39.2 Å². The lowest BCUT2D eigenvalue weighted by atomic mass is 10.3. The molecule has 2 aliphatic heterocycles. The molecule has 2 aliphatic rings. The molecule has 0 unspecified atom stereocenters.